The van der Waals surface area contributed by atoms with E-state index in [0.717, 1.165) is 17.6 Å². The van der Waals surface area contributed by atoms with E-state index in [0.29, 0.717) is 24.4 Å². The highest BCUT2D eigenvalue weighted by atomic mass is 32.2. The van der Waals surface area contributed by atoms with Crippen molar-refractivity contribution in [2.45, 2.75) is 13.5 Å². The van der Waals surface area contributed by atoms with Gasteiger partial charge in [0.15, 0.2) is 0 Å². The van der Waals surface area contributed by atoms with Crippen molar-refractivity contribution in [3.05, 3.63) is 59.7 Å². The quantitative estimate of drug-likeness (QED) is 0.805. The van der Waals surface area contributed by atoms with Crippen LogP contribution in [0.15, 0.2) is 48.5 Å². The predicted octanol–water partition coefficient (Wildman–Crippen LogP) is 2.39. The molecule has 128 valence electrons. The van der Waals surface area contributed by atoms with Gasteiger partial charge in [0.25, 0.3) is 5.91 Å². The van der Waals surface area contributed by atoms with Gasteiger partial charge in [-0.1, -0.05) is 24.3 Å². The van der Waals surface area contributed by atoms with Crippen LogP contribution in [0.4, 0.5) is 5.69 Å². The fourth-order valence-electron chi connectivity index (χ4n) is 2.16. The lowest BCUT2D eigenvalue weighted by atomic mass is 10.1. The van der Waals surface area contributed by atoms with Gasteiger partial charge in [-0.3, -0.25) is 9.52 Å². The number of carbonyl (C=O) groups is 1. The molecule has 0 saturated carbocycles. The molecule has 0 atom stereocenters. The Hall–Kier alpha value is -2.54. The minimum absolute atomic E-state index is 0.293. The second kappa shape index (κ2) is 7.83. The molecule has 2 rings (SSSR count). The van der Waals surface area contributed by atoms with Gasteiger partial charge in [0.05, 0.1) is 12.9 Å². The molecule has 0 heterocycles. The molecule has 6 nitrogen and oxygen atoms in total. The van der Waals surface area contributed by atoms with Crippen LogP contribution >= 0.6 is 0 Å². The van der Waals surface area contributed by atoms with Gasteiger partial charge in [-0.2, -0.15) is 0 Å². The van der Waals surface area contributed by atoms with Gasteiger partial charge in [-0.15, -0.1) is 0 Å². The Labute approximate surface area is 141 Å². The fourth-order valence-corrected chi connectivity index (χ4v) is 2.72. The van der Waals surface area contributed by atoms with Crippen LogP contribution in [-0.4, -0.2) is 27.2 Å². The summed E-state index contributed by atoms with van der Waals surface area (Å²) in [6.07, 6.45) is 1.06. The minimum Gasteiger partial charge on any atom is -0.494 e. The first kappa shape index (κ1) is 17.8. The standard InChI is InChI=1S/C17H20N2O4S/c1-3-23-16-10-5-4-7-14(16)12-18-17(20)13-8-6-9-15(11-13)19-24(2,21)22/h4-11,19H,3,12H2,1-2H3,(H,18,20). The molecule has 0 unspecified atom stereocenters. The Balaban J connectivity index is 2.07. The number of benzene rings is 2. The summed E-state index contributed by atoms with van der Waals surface area (Å²) in [5.41, 5.74) is 1.59. The molecule has 0 aliphatic heterocycles. The lowest BCUT2D eigenvalue weighted by Crippen LogP contribution is -2.23. The molecule has 0 radical (unpaired) electrons. The molecule has 0 aromatic heterocycles. The third-order valence-electron chi connectivity index (χ3n) is 3.14. The minimum atomic E-state index is -3.39. The largest absolute Gasteiger partial charge is 0.494 e. The van der Waals surface area contributed by atoms with Crippen molar-refractivity contribution in [1.29, 1.82) is 0 Å². The second-order valence-corrected chi connectivity index (χ2v) is 6.93. The number of ether oxygens (including phenoxy) is 1. The lowest BCUT2D eigenvalue weighted by molar-refractivity contribution is 0.0950. The van der Waals surface area contributed by atoms with Gasteiger partial charge in [-0.25, -0.2) is 8.42 Å². The zero-order chi connectivity index (χ0) is 17.6. The average molecular weight is 348 g/mol. The number of para-hydroxylation sites is 1. The van der Waals surface area contributed by atoms with Crippen LogP contribution in [0.2, 0.25) is 0 Å². The first-order chi connectivity index (χ1) is 11.4. The van der Waals surface area contributed by atoms with E-state index in [4.69, 9.17) is 4.74 Å². The molecular formula is C17H20N2O4S. The predicted molar refractivity (Wildman–Crippen MR) is 93.7 cm³/mol. The monoisotopic (exact) mass is 348 g/mol. The van der Waals surface area contributed by atoms with E-state index in [-0.39, 0.29) is 5.91 Å². The summed E-state index contributed by atoms with van der Waals surface area (Å²) in [5, 5.41) is 2.81. The zero-order valence-electron chi connectivity index (χ0n) is 13.6. The van der Waals surface area contributed by atoms with Crippen LogP contribution in [0.1, 0.15) is 22.8 Å². The summed E-state index contributed by atoms with van der Waals surface area (Å²) < 4.78 is 30.4. The molecule has 2 N–H and O–H groups in total. The molecule has 1 amide bonds. The van der Waals surface area contributed by atoms with E-state index in [1.807, 2.05) is 31.2 Å². The lowest BCUT2D eigenvalue weighted by Gasteiger charge is -2.11. The highest BCUT2D eigenvalue weighted by molar-refractivity contribution is 7.92. The van der Waals surface area contributed by atoms with Crippen molar-refractivity contribution < 1.29 is 17.9 Å². The first-order valence-electron chi connectivity index (χ1n) is 7.46. The Morgan fingerprint density at radius 1 is 1.12 bits per heavy atom. The molecule has 0 saturated heterocycles. The number of nitrogens with one attached hydrogen (secondary N) is 2. The number of carbonyl (C=O) groups excluding carboxylic acids is 1. The summed E-state index contributed by atoms with van der Waals surface area (Å²) in [7, 11) is -3.39. The smallest absolute Gasteiger partial charge is 0.251 e. The van der Waals surface area contributed by atoms with Crippen molar-refractivity contribution in [3.8, 4) is 5.75 Å². The third-order valence-corrected chi connectivity index (χ3v) is 3.75. The van der Waals surface area contributed by atoms with E-state index in [1.54, 1.807) is 18.2 Å². The van der Waals surface area contributed by atoms with Gasteiger partial charge in [-0.05, 0) is 31.2 Å². The number of hydrogen-bond acceptors (Lipinski definition) is 4. The normalized spacial score (nSPS) is 10.9. The molecular weight excluding hydrogens is 328 g/mol. The van der Waals surface area contributed by atoms with E-state index in [9.17, 15) is 13.2 Å². The van der Waals surface area contributed by atoms with Gasteiger partial charge in [0.2, 0.25) is 10.0 Å². The maximum Gasteiger partial charge on any atom is 0.251 e. The summed E-state index contributed by atoms with van der Waals surface area (Å²) in [5.74, 6) is 0.436. The van der Waals surface area contributed by atoms with E-state index in [1.165, 1.54) is 6.07 Å². The highest BCUT2D eigenvalue weighted by Crippen LogP contribution is 2.18. The van der Waals surface area contributed by atoms with Crippen LogP contribution < -0.4 is 14.8 Å². The number of rotatable bonds is 7. The number of sulfonamides is 1. The SMILES string of the molecule is CCOc1ccccc1CNC(=O)c1cccc(NS(C)(=O)=O)c1. The van der Waals surface area contributed by atoms with Gasteiger partial charge < -0.3 is 10.1 Å². The van der Waals surface area contributed by atoms with Crippen molar-refractivity contribution >= 4 is 21.6 Å². The summed E-state index contributed by atoms with van der Waals surface area (Å²) in [6.45, 7) is 2.76. The van der Waals surface area contributed by atoms with E-state index in [2.05, 4.69) is 10.0 Å². The molecule has 2 aromatic rings. The van der Waals surface area contributed by atoms with Gasteiger partial charge in [0, 0.05) is 23.4 Å². The number of anilines is 1. The second-order valence-electron chi connectivity index (χ2n) is 5.18. The maximum absolute atomic E-state index is 12.3. The Morgan fingerprint density at radius 2 is 1.88 bits per heavy atom. The van der Waals surface area contributed by atoms with Crippen LogP contribution in [0, 0.1) is 0 Å². The molecule has 0 fully saturated rings. The van der Waals surface area contributed by atoms with Crippen molar-refractivity contribution in [1.82, 2.24) is 5.32 Å². The molecule has 0 bridgehead atoms. The molecule has 0 aliphatic carbocycles. The van der Waals surface area contributed by atoms with Crippen molar-refractivity contribution in [3.63, 3.8) is 0 Å². The van der Waals surface area contributed by atoms with Crippen LogP contribution in [-0.2, 0) is 16.6 Å². The van der Waals surface area contributed by atoms with Crippen LogP contribution in [0.3, 0.4) is 0 Å². The summed E-state index contributed by atoms with van der Waals surface area (Å²) >= 11 is 0. The third kappa shape index (κ3) is 5.27. The van der Waals surface area contributed by atoms with Crippen LogP contribution in [0.5, 0.6) is 5.75 Å². The molecule has 0 spiro atoms. The van der Waals surface area contributed by atoms with Crippen molar-refractivity contribution in [2.24, 2.45) is 0 Å². The average Bonchev–Trinajstić information content (AvgIpc) is 2.52. The summed E-state index contributed by atoms with van der Waals surface area (Å²) in [6, 6.07) is 13.8. The van der Waals surface area contributed by atoms with Crippen LogP contribution in [0.25, 0.3) is 0 Å². The molecule has 0 aliphatic rings. The van der Waals surface area contributed by atoms with Crippen molar-refractivity contribution in [2.75, 3.05) is 17.6 Å². The Kier molecular flexibility index (Phi) is 5.81. The Bertz CT molecular complexity index is 819. The Morgan fingerprint density at radius 3 is 2.58 bits per heavy atom. The fraction of sp³-hybridized carbons (Fsp3) is 0.235. The highest BCUT2D eigenvalue weighted by Gasteiger charge is 2.09. The number of hydrogen-bond donors (Lipinski definition) is 2. The zero-order valence-corrected chi connectivity index (χ0v) is 14.4. The van der Waals surface area contributed by atoms with E-state index >= 15 is 0 Å². The first-order valence-corrected chi connectivity index (χ1v) is 9.35. The molecule has 2 aromatic carbocycles. The number of amides is 1. The van der Waals surface area contributed by atoms with E-state index < -0.39 is 10.0 Å². The summed E-state index contributed by atoms with van der Waals surface area (Å²) in [4.78, 5) is 12.3. The maximum atomic E-state index is 12.3. The molecule has 7 heteroatoms. The topological polar surface area (TPSA) is 84.5 Å². The molecule has 24 heavy (non-hydrogen) atoms. The van der Waals surface area contributed by atoms with Gasteiger partial charge >= 0.3 is 0 Å². The van der Waals surface area contributed by atoms with Gasteiger partial charge in [0.1, 0.15) is 5.75 Å².